The Morgan fingerprint density at radius 2 is 1.94 bits per heavy atom. The normalized spacial score (nSPS) is 17.1. The smallest absolute Gasteiger partial charge is 0.222 e. The van der Waals surface area contributed by atoms with Gasteiger partial charge in [-0.15, -0.1) is 0 Å². The first-order chi connectivity index (χ1) is 8.27. The SMILES string of the molecule is CCCCC(=O)N(CCC)CC1CCNCC1. The van der Waals surface area contributed by atoms with Crippen LogP contribution in [0.3, 0.4) is 0 Å². The van der Waals surface area contributed by atoms with E-state index in [1.165, 1.54) is 12.8 Å². The second kappa shape index (κ2) is 8.51. The van der Waals surface area contributed by atoms with Gasteiger partial charge in [0.25, 0.3) is 0 Å². The molecule has 1 N–H and O–H groups in total. The molecule has 3 heteroatoms. The first kappa shape index (κ1) is 14.5. The van der Waals surface area contributed by atoms with Crippen molar-refractivity contribution in [1.29, 1.82) is 0 Å². The van der Waals surface area contributed by atoms with Gasteiger partial charge in [0.1, 0.15) is 0 Å². The Labute approximate surface area is 106 Å². The van der Waals surface area contributed by atoms with Gasteiger partial charge in [0, 0.05) is 19.5 Å². The molecular weight excluding hydrogens is 212 g/mol. The lowest BCUT2D eigenvalue weighted by Crippen LogP contribution is -2.39. The molecule has 1 aliphatic heterocycles. The van der Waals surface area contributed by atoms with Crippen LogP contribution in [0.1, 0.15) is 52.4 Å². The van der Waals surface area contributed by atoms with E-state index in [-0.39, 0.29) is 0 Å². The van der Waals surface area contributed by atoms with Crippen molar-refractivity contribution in [3.05, 3.63) is 0 Å². The number of unbranched alkanes of at least 4 members (excludes halogenated alkanes) is 1. The molecule has 0 radical (unpaired) electrons. The Morgan fingerprint density at radius 1 is 1.24 bits per heavy atom. The summed E-state index contributed by atoms with van der Waals surface area (Å²) in [5.41, 5.74) is 0. The molecule has 0 spiro atoms. The lowest BCUT2D eigenvalue weighted by molar-refractivity contribution is -0.132. The van der Waals surface area contributed by atoms with Crippen LogP contribution in [0.5, 0.6) is 0 Å². The number of nitrogens with zero attached hydrogens (tertiary/aromatic N) is 1. The fraction of sp³-hybridized carbons (Fsp3) is 0.929. The van der Waals surface area contributed by atoms with Crippen LogP contribution in [-0.4, -0.2) is 37.0 Å². The number of nitrogens with one attached hydrogen (secondary N) is 1. The van der Waals surface area contributed by atoms with Crippen molar-refractivity contribution >= 4 is 5.91 Å². The Kier molecular flexibility index (Phi) is 7.25. The van der Waals surface area contributed by atoms with Crippen LogP contribution in [0.4, 0.5) is 0 Å². The average molecular weight is 240 g/mol. The maximum Gasteiger partial charge on any atom is 0.222 e. The quantitative estimate of drug-likeness (QED) is 0.741. The topological polar surface area (TPSA) is 32.3 Å². The maximum absolute atomic E-state index is 12.1. The second-order valence-electron chi connectivity index (χ2n) is 5.14. The maximum atomic E-state index is 12.1. The highest BCUT2D eigenvalue weighted by Crippen LogP contribution is 2.15. The van der Waals surface area contributed by atoms with E-state index in [1.807, 2.05) is 0 Å². The standard InChI is InChI=1S/C14H28N2O/c1-3-5-6-14(17)16(11-4-2)12-13-7-9-15-10-8-13/h13,15H,3-12H2,1-2H3. The third-order valence-electron chi connectivity index (χ3n) is 3.53. The van der Waals surface area contributed by atoms with Gasteiger partial charge in [-0.2, -0.15) is 0 Å². The molecule has 1 fully saturated rings. The molecule has 0 unspecified atom stereocenters. The van der Waals surface area contributed by atoms with Crippen LogP contribution in [0.25, 0.3) is 0 Å². The van der Waals surface area contributed by atoms with Gasteiger partial charge in [-0.1, -0.05) is 20.3 Å². The van der Waals surface area contributed by atoms with E-state index < -0.39 is 0 Å². The van der Waals surface area contributed by atoms with Crippen LogP contribution in [0.15, 0.2) is 0 Å². The van der Waals surface area contributed by atoms with Crippen molar-refractivity contribution in [2.24, 2.45) is 5.92 Å². The summed E-state index contributed by atoms with van der Waals surface area (Å²) in [5.74, 6) is 1.08. The van der Waals surface area contributed by atoms with Crippen molar-refractivity contribution in [3.63, 3.8) is 0 Å². The first-order valence-corrected chi connectivity index (χ1v) is 7.26. The monoisotopic (exact) mass is 240 g/mol. The molecule has 1 heterocycles. The van der Waals surface area contributed by atoms with E-state index in [1.54, 1.807) is 0 Å². The molecule has 0 aromatic heterocycles. The second-order valence-corrected chi connectivity index (χ2v) is 5.14. The predicted molar refractivity (Wildman–Crippen MR) is 72.0 cm³/mol. The molecule has 0 aromatic carbocycles. The van der Waals surface area contributed by atoms with Gasteiger partial charge < -0.3 is 10.2 Å². The van der Waals surface area contributed by atoms with Crippen LogP contribution in [0.2, 0.25) is 0 Å². The number of carbonyl (C=O) groups excluding carboxylic acids is 1. The minimum absolute atomic E-state index is 0.368. The minimum atomic E-state index is 0.368. The zero-order valence-corrected chi connectivity index (χ0v) is 11.5. The largest absolute Gasteiger partial charge is 0.342 e. The lowest BCUT2D eigenvalue weighted by atomic mass is 9.97. The number of hydrogen-bond donors (Lipinski definition) is 1. The van der Waals surface area contributed by atoms with Gasteiger partial charge in [0.2, 0.25) is 5.91 Å². The Balaban J connectivity index is 2.37. The van der Waals surface area contributed by atoms with Gasteiger partial charge >= 0.3 is 0 Å². The highest BCUT2D eigenvalue weighted by molar-refractivity contribution is 5.76. The zero-order chi connectivity index (χ0) is 12.5. The van der Waals surface area contributed by atoms with E-state index in [0.29, 0.717) is 11.8 Å². The molecule has 1 saturated heterocycles. The third-order valence-corrected chi connectivity index (χ3v) is 3.53. The van der Waals surface area contributed by atoms with Gasteiger partial charge in [-0.3, -0.25) is 4.79 Å². The summed E-state index contributed by atoms with van der Waals surface area (Å²) in [6, 6.07) is 0. The van der Waals surface area contributed by atoms with Crippen LogP contribution < -0.4 is 5.32 Å². The molecule has 3 nitrogen and oxygen atoms in total. The number of hydrogen-bond acceptors (Lipinski definition) is 2. The molecule has 0 aliphatic carbocycles. The molecule has 0 aromatic rings. The highest BCUT2D eigenvalue weighted by atomic mass is 16.2. The number of piperidine rings is 1. The molecule has 100 valence electrons. The fourth-order valence-electron chi connectivity index (χ4n) is 2.45. The average Bonchev–Trinajstić information content (AvgIpc) is 2.36. The van der Waals surface area contributed by atoms with Gasteiger partial charge in [0.05, 0.1) is 0 Å². The summed E-state index contributed by atoms with van der Waals surface area (Å²) in [5, 5.41) is 3.38. The Hall–Kier alpha value is -0.570. The molecule has 1 rings (SSSR count). The first-order valence-electron chi connectivity index (χ1n) is 7.26. The van der Waals surface area contributed by atoms with Gasteiger partial charge in [-0.05, 0) is 44.7 Å². The molecule has 17 heavy (non-hydrogen) atoms. The highest BCUT2D eigenvalue weighted by Gasteiger charge is 2.19. The third kappa shape index (κ3) is 5.53. The molecule has 1 amide bonds. The predicted octanol–water partition coefficient (Wildman–Crippen LogP) is 2.41. The zero-order valence-electron chi connectivity index (χ0n) is 11.5. The van der Waals surface area contributed by atoms with Crippen molar-refractivity contribution in [2.45, 2.75) is 52.4 Å². The Morgan fingerprint density at radius 3 is 2.53 bits per heavy atom. The fourth-order valence-corrected chi connectivity index (χ4v) is 2.45. The van der Waals surface area contributed by atoms with E-state index in [9.17, 15) is 4.79 Å². The van der Waals surface area contributed by atoms with Crippen LogP contribution >= 0.6 is 0 Å². The van der Waals surface area contributed by atoms with Crippen molar-refractivity contribution in [2.75, 3.05) is 26.2 Å². The van der Waals surface area contributed by atoms with Gasteiger partial charge in [-0.25, -0.2) is 0 Å². The number of amides is 1. The summed E-state index contributed by atoms with van der Waals surface area (Å²) >= 11 is 0. The molecule has 1 aliphatic rings. The summed E-state index contributed by atoms with van der Waals surface area (Å²) in [7, 11) is 0. The van der Waals surface area contributed by atoms with Crippen molar-refractivity contribution < 1.29 is 4.79 Å². The molecule has 0 atom stereocenters. The minimum Gasteiger partial charge on any atom is -0.342 e. The van der Waals surface area contributed by atoms with Crippen molar-refractivity contribution in [3.8, 4) is 0 Å². The van der Waals surface area contributed by atoms with E-state index in [4.69, 9.17) is 0 Å². The van der Waals surface area contributed by atoms with E-state index in [2.05, 4.69) is 24.1 Å². The van der Waals surface area contributed by atoms with Crippen LogP contribution in [0, 0.1) is 5.92 Å². The summed E-state index contributed by atoms with van der Waals surface area (Å²) in [6.45, 7) is 8.46. The summed E-state index contributed by atoms with van der Waals surface area (Å²) in [4.78, 5) is 14.2. The van der Waals surface area contributed by atoms with Crippen LogP contribution in [-0.2, 0) is 4.79 Å². The Bertz CT molecular complexity index is 212. The van der Waals surface area contributed by atoms with Gasteiger partial charge in [0.15, 0.2) is 0 Å². The number of rotatable bonds is 7. The summed E-state index contributed by atoms with van der Waals surface area (Å²) in [6.07, 6.45) is 6.40. The summed E-state index contributed by atoms with van der Waals surface area (Å²) < 4.78 is 0. The molecular formula is C14H28N2O. The lowest BCUT2D eigenvalue weighted by Gasteiger charge is -2.30. The number of carbonyl (C=O) groups is 1. The van der Waals surface area contributed by atoms with Crippen molar-refractivity contribution in [1.82, 2.24) is 10.2 Å². The van der Waals surface area contributed by atoms with E-state index >= 15 is 0 Å². The van der Waals surface area contributed by atoms with E-state index in [0.717, 1.165) is 51.9 Å². The molecule has 0 bridgehead atoms. The molecule has 0 saturated carbocycles.